The van der Waals surface area contributed by atoms with Gasteiger partial charge in [0, 0.05) is 43.6 Å². The lowest BCUT2D eigenvalue weighted by atomic mass is 9.88. The van der Waals surface area contributed by atoms with Gasteiger partial charge in [0.25, 0.3) is 5.91 Å². The molecule has 148 valence electrons. The number of rotatable bonds is 4. The van der Waals surface area contributed by atoms with Crippen LogP contribution in [0.5, 0.6) is 0 Å². The van der Waals surface area contributed by atoms with Crippen molar-refractivity contribution in [2.45, 2.75) is 44.8 Å². The van der Waals surface area contributed by atoms with Gasteiger partial charge in [0.1, 0.15) is 6.10 Å². The molecular weight excluding hydrogens is 350 g/mol. The maximum atomic E-state index is 12.7. The average Bonchev–Trinajstić information content (AvgIpc) is 2.72. The van der Waals surface area contributed by atoms with Gasteiger partial charge in [0.15, 0.2) is 0 Å². The maximum absolute atomic E-state index is 12.7. The molecule has 1 aromatic carbocycles. The number of hydrogen-bond acceptors (Lipinski definition) is 4. The highest BCUT2D eigenvalue weighted by Crippen LogP contribution is 2.35. The van der Waals surface area contributed by atoms with Crippen LogP contribution in [0.25, 0.3) is 0 Å². The number of carbonyl (C=O) groups is 1. The van der Waals surface area contributed by atoms with E-state index in [1.807, 2.05) is 54.4 Å². The first-order valence-corrected chi connectivity index (χ1v) is 10.2. The standard InChI is InChI=1S/C23H29N3O2/c1-18-7-6-13-24-21(18)10-14-25-15-11-23(12-16-25)17-26(22(27)19(2)28-23)20-8-4-3-5-9-20/h3-9,13,19H,10-12,14-17H2,1-2H3. The number of aromatic nitrogens is 1. The minimum atomic E-state index is -0.392. The van der Waals surface area contributed by atoms with Gasteiger partial charge in [-0.3, -0.25) is 9.78 Å². The van der Waals surface area contributed by atoms with Crippen LogP contribution in [0, 0.1) is 6.92 Å². The van der Waals surface area contributed by atoms with Crippen molar-refractivity contribution in [2.75, 3.05) is 31.1 Å². The summed E-state index contributed by atoms with van der Waals surface area (Å²) < 4.78 is 6.28. The number of anilines is 1. The predicted octanol–water partition coefficient (Wildman–Crippen LogP) is 3.22. The minimum Gasteiger partial charge on any atom is -0.360 e. The van der Waals surface area contributed by atoms with Crippen molar-refractivity contribution in [2.24, 2.45) is 0 Å². The summed E-state index contributed by atoms with van der Waals surface area (Å²) in [5.74, 6) is 0.0601. The third-order valence-electron chi connectivity index (χ3n) is 6.10. The Morgan fingerprint density at radius 3 is 2.61 bits per heavy atom. The van der Waals surface area contributed by atoms with E-state index in [-0.39, 0.29) is 11.5 Å². The molecule has 1 aromatic heterocycles. The van der Waals surface area contributed by atoms with Gasteiger partial charge in [-0.15, -0.1) is 0 Å². The maximum Gasteiger partial charge on any atom is 0.255 e. The lowest BCUT2D eigenvalue weighted by molar-refractivity contribution is -0.161. The van der Waals surface area contributed by atoms with Crippen LogP contribution >= 0.6 is 0 Å². The zero-order valence-corrected chi connectivity index (χ0v) is 16.8. The normalized spacial score (nSPS) is 22.6. The molecule has 2 fully saturated rings. The number of aryl methyl sites for hydroxylation is 1. The van der Waals surface area contributed by atoms with Crippen LogP contribution in [0.1, 0.15) is 31.0 Å². The molecule has 3 heterocycles. The Bertz CT molecular complexity index is 816. The lowest BCUT2D eigenvalue weighted by Crippen LogP contribution is -2.61. The molecule has 5 nitrogen and oxygen atoms in total. The first-order valence-electron chi connectivity index (χ1n) is 10.2. The Labute approximate surface area is 167 Å². The molecule has 1 unspecified atom stereocenters. The molecule has 2 aromatic rings. The fraction of sp³-hybridized carbons (Fsp3) is 0.478. The molecule has 4 rings (SSSR count). The smallest absolute Gasteiger partial charge is 0.255 e. The second kappa shape index (κ2) is 8.02. The van der Waals surface area contributed by atoms with Crippen molar-refractivity contribution < 1.29 is 9.53 Å². The van der Waals surface area contributed by atoms with E-state index in [9.17, 15) is 4.79 Å². The number of piperidine rings is 1. The molecule has 2 aliphatic rings. The highest BCUT2D eigenvalue weighted by Gasteiger charge is 2.45. The van der Waals surface area contributed by atoms with E-state index in [1.165, 1.54) is 11.3 Å². The molecule has 2 aliphatic heterocycles. The van der Waals surface area contributed by atoms with Crippen LogP contribution < -0.4 is 4.90 Å². The molecule has 0 aliphatic carbocycles. The monoisotopic (exact) mass is 379 g/mol. The van der Waals surface area contributed by atoms with Gasteiger partial charge in [-0.25, -0.2) is 0 Å². The van der Waals surface area contributed by atoms with E-state index >= 15 is 0 Å². The van der Waals surface area contributed by atoms with E-state index in [0.717, 1.165) is 44.6 Å². The van der Waals surface area contributed by atoms with E-state index in [1.54, 1.807) is 0 Å². The highest BCUT2D eigenvalue weighted by atomic mass is 16.5. The van der Waals surface area contributed by atoms with E-state index in [4.69, 9.17) is 4.74 Å². The lowest BCUT2D eigenvalue weighted by Gasteiger charge is -2.49. The molecule has 2 saturated heterocycles. The van der Waals surface area contributed by atoms with Gasteiger partial charge in [0.2, 0.25) is 0 Å². The quantitative estimate of drug-likeness (QED) is 0.818. The number of pyridine rings is 1. The van der Waals surface area contributed by atoms with Gasteiger partial charge in [-0.2, -0.15) is 0 Å². The summed E-state index contributed by atoms with van der Waals surface area (Å²) >= 11 is 0. The third-order valence-corrected chi connectivity index (χ3v) is 6.10. The Balaban J connectivity index is 1.39. The fourth-order valence-electron chi connectivity index (χ4n) is 4.38. The number of morpholine rings is 1. The molecule has 28 heavy (non-hydrogen) atoms. The summed E-state index contributed by atoms with van der Waals surface area (Å²) in [6.45, 7) is 7.67. The number of amides is 1. The summed E-state index contributed by atoms with van der Waals surface area (Å²) in [5.41, 5.74) is 3.18. The number of likely N-dealkylation sites (tertiary alicyclic amines) is 1. The minimum absolute atomic E-state index is 0.0601. The van der Waals surface area contributed by atoms with Crippen LogP contribution in [-0.4, -0.2) is 53.7 Å². The predicted molar refractivity (Wildman–Crippen MR) is 110 cm³/mol. The molecular formula is C23H29N3O2. The number of para-hydroxylation sites is 1. The average molecular weight is 380 g/mol. The van der Waals surface area contributed by atoms with E-state index in [0.29, 0.717) is 6.54 Å². The van der Waals surface area contributed by atoms with Crippen molar-refractivity contribution in [3.8, 4) is 0 Å². The van der Waals surface area contributed by atoms with Crippen LogP contribution in [0.3, 0.4) is 0 Å². The first-order chi connectivity index (χ1) is 13.6. The van der Waals surface area contributed by atoms with Crippen LogP contribution in [-0.2, 0) is 16.0 Å². The molecule has 1 spiro atoms. The zero-order chi connectivity index (χ0) is 19.6. The Kier molecular flexibility index (Phi) is 5.47. The SMILES string of the molecule is Cc1cccnc1CCN1CCC2(CC1)CN(c1ccccc1)C(=O)C(C)O2. The molecule has 0 saturated carbocycles. The molecule has 1 atom stereocenters. The van der Waals surface area contributed by atoms with Gasteiger partial charge < -0.3 is 14.5 Å². The Morgan fingerprint density at radius 1 is 1.14 bits per heavy atom. The Hall–Kier alpha value is -2.24. The van der Waals surface area contributed by atoms with Crippen LogP contribution in [0.15, 0.2) is 48.7 Å². The summed E-state index contributed by atoms with van der Waals surface area (Å²) in [4.78, 5) is 21.6. The fourth-order valence-corrected chi connectivity index (χ4v) is 4.38. The van der Waals surface area contributed by atoms with Crippen molar-refractivity contribution in [1.29, 1.82) is 0 Å². The van der Waals surface area contributed by atoms with E-state index in [2.05, 4.69) is 22.9 Å². The number of hydrogen-bond donors (Lipinski definition) is 0. The molecule has 0 bridgehead atoms. The van der Waals surface area contributed by atoms with Gasteiger partial charge in [-0.1, -0.05) is 24.3 Å². The van der Waals surface area contributed by atoms with Crippen LogP contribution in [0.2, 0.25) is 0 Å². The van der Waals surface area contributed by atoms with Gasteiger partial charge >= 0.3 is 0 Å². The number of ether oxygens (including phenoxy) is 1. The first kappa shape index (κ1) is 19.1. The third kappa shape index (κ3) is 3.96. The number of benzene rings is 1. The molecule has 1 amide bonds. The second-order valence-corrected chi connectivity index (χ2v) is 8.06. The Morgan fingerprint density at radius 2 is 1.89 bits per heavy atom. The number of carbonyl (C=O) groups excluding carboxylic acids is 1. The topological polar surface area (TPSA) is 45.7 Å². The zero-order valence-electron chi connectivity index (χ0n) is 16.8. The highest BCUT2D eigenvalue weighted by molar-refractivity contribution is 5.97. The van der Waals surface area contributed by atoms with Crippen LogP contribution in [0.4, 0.5) is 5.69 Å². The number of nitrogens with zero attached hydrogens (tertiary/aromatic N) is 3. The van der Waals surface area contributed by atoms with Crippen molar-refractivity contribution in [3.05, 3.63) is 59.9 Å². The summed E-state index contributed by atoms with van der Waals surface area (Å²) in [6, 6.07) is 14.1. The summed E-state index contributed by atoms with van der Waals surface area (Å²) in [7, 11) is 0. The molecule has 0 radical (unpaired) electrons. The second-order valence-electron chi connectivity index (χ2n) is 8.06. The van der Waals surface area contributed by atoms with E-state index < -0.39 is 6.10 Å². The summed E-state index contributed by atoms with van der Waals surface area (Å²) in [6.07, 6.45) is 4.37. The van der Waals surface area contributed by atoms with Crippen molar-refractivity contribution in [3.63, 3.8) is 0 Å². The van der Waals surface area contributed by atoms with Crippen molar-refractivity contribution in [1.82, 2.24) is 9.88 Å². The largest absolute Gasteiger partial charge is 0.360 e. The molecule has 5 heteroatoms. The van der Waals surface area contributed by atoms with Crippen molar-refractivity contribution >= 4 is 11.6 Å². The van der Waals surface area contributed by atoms with Gasteiger partial charge in [-0.05, 0) is 50.5 Å². The van der Waals surface area contributed by atoms with Gasteiger partial charge in [0.05, 0.1) is 12.1 Å². The summed E-state index contributed by atoms with van der Waals surface area (Å²) in [5, 5.41) is 0. The molecule has 0 N–H and O–H groups in total.